The first-order chi connectivity index (χ1) is 27.3. The molecule has 328 valence electrons. The Morgan fingerprint density at radius 1 is 0.589 bits per heavy atom. The zero-order chi connectivity index (χ0) is 40.9. The molecule has 0 saturated carbocycles. The van der Waals surface area contributed by atoms with Gasteiger partial charge in [-0.1, -0.05) is 185 Å². The van der Waals surface area contributed by atoms with Crippen molar-refractivity contribution in [2.75, 3.05) is 13.2 Å². The second kappa shape index (κ2) is 37.7. The van der Waals surface area contributed by atoms with Crippen LogP contribution in [-0.2, 0) is 14.3 Å². The first kappa shape index (κ1) is 52.4. The minimum Gasteiger partial charge on any atom is -0.394 e. The SMILES string of the molecule is CCCCCCCCCCCCCCCCCCCC/C=C/CC/C=C/CC/C=C/C(O)C(COC1OC(CO)C(O)C(O)C1O)NC(=O)CCCCCCC. The number of carbonyl (C=O) groups excluding carboxylic acids is 1. The number of aliphatic hydroxyl groups is 5. The molecule has 0 radical (unpaired) electrons. The van der Waals surface area contributed by atoms with Crippen LogP contribution in [0.4, 0.5) is 0 Å². The highest BCUT2D eigenvalue weighted by Gasteiger charge is 2.44. The van der Waals surface area contributed by atoms with Crippen molar-refractivity contribution in [2.24, 2.45) is 0 Å². The van der Waals surface area contributed by atoms with Crippen molar-refractivity contribution in [1.82, 2.24) is 5.32 Å². The number of rotatable bonds is 38. The smallest absolute Gasteiger partial charge is 0.220 e. The standard InChI is InChI=1S/C47H87NO8/c1-3-5-7-9-10-11-12-13-14-15-16-17-18-19-20-21-22-23-24-25-26-27-28-29-30-31-33-34-36-41(50)40(48-43(51)37-35-32-8-6-4-2)39-55-47-46(54)45(53)44(52)42(38-49)56-47/h25-26,29-30,34,36,40-42,44-47,49-50,52-54H,3-24,27-28,31-33,35,37-39H2,1-2H3,(H,48,51)/b26-25+,30-29+,36-34+. The predicted octanol–water partition coefficient (Wildman–Crippen LogP) is 9.67. The van der Waals surface area contributed by atoms with Crippen LogP contribution in [0.3, 0.4) is 0 Å². The van der Waals surface area contributed by atoms with Gasteiger partial charge in [-0.3, -0.25) is 4.79 Å². The summed E-state index contributed by atoms with van der Waals surface area (Å²) >= 11 is 0. The molecular formula is C47H87NO8. The van der Waals surface area contributed by atoms with Crippen molar-refractivity contribution in [3.8, 4) is 0 Å². The zero-order valence-corrected chi connectivity index (χ0v) is 35.9. The Bertz CT molecular complexity index is 972. The lowest BCUT2D eigenvalue weighted by molar-refractivity contribution is -0.302. The molecule has 0 aliphatic carbocycles. The van der Waals surface area contributed by atoms with Crippen molar-refractivity contribution in [3.63, 3.8) is 0 Å². The van der Waals surface area contributed by atoms with Crippen LogP contribution < -0.4 is 5.32 Å². The third kappa shape index (κ3) is 27.9. The van der Waals surface area contributed by atoms with Gasteiger partial charge in [0.25, 0.3) is 0 Å². The second-order valence-corrected chi connectivity index (χ2v) is 16.2. The molecule has 1 heterocycles. The lowest BCUT2D eigenvalue weighted by Crippen LogP contribution is -2.60. The topological polar surface area (TPSA) is 149 Å². The maximum atomic E-state index is 12.7. The number of allylic oxidation sites excluding steroid dienone is 5. The van der Waals surface area contributed by atoms with Gasteiger partial charge in [0.05, 0.1) is 25.4 Å². The zero-order valence-electron chi connectivity index (χ0n) is 35.9. The molecule has 0 aromatic heterocycles. The Balaban J connectivity index is 2.18. The number of nitrogens with one attached hydrogen (secondary N) is 1. The van der Waals surface area contributed by atoms with Crippen molar-refractivity contribution < 1.29 is 39.8 Å². The molecular weight excluding hydrogens is 707 g/mol. The minimum absolute atomic E-state index is 0.205. The van der Waals surface area contributed by atoms with Crippen molar-refractivity contribution >= 4 is 5.91 Å². The maximum absolute atomic E-state index is 12.7. The molecule has 56 heavy (non-hydrogen) atoms. The van der Waals surface area contributed by atoms with E-state index in [9.17, 15) is 30.3 Å². The Labute approximate surface area is 342 Å². The van der Waals surface area contributed by atoms with E-state index in [-0.39, 0.29) is 12.5 Å². The van der Waals surface area contributed by atoms with Crippen LogP contribution >= 0.6 is 0 Å². The number of ether oxygens (including phenoxy) is 2. The predicted molar refractivity (Wildman–Crippen MR) is 230 cm³/mol. The van der Waals surface area contributed by atoms with E-state index in [0.29, 0.717) is 6.42 Å². The molecule has 1 aliphatic rings. The van der Waals surface area contributed by atoms with Crippen LogP contribution in [0, 0.1) is 0 Å². The number of hydrogen-bond acceptors (Lipinski definition) is 8. The molecule has 1 fully saturated rings. The molecule has 1 amide bonds. The van der Waals surface area contributed by atoms with Gasteiger partial charge in [0.1, 0.15) is 24.4 Å². The second-order valence-electron chi connectivity index (χ2n) is 16.2. The fourth-order valence-electron chi connectivity index (χ4n) is 7.19. The summed E-state index contributed by atoms with van der Waals surface area (Å²) in [6.07, 6.45) is 39.8. The molecule has 9 nitrogen and oxygen atoms in total. The van der Waals surface area contributed by atoms with Crippen molar-refractivity contribution in [3.05, 3.63) is 36.5 Å². The fraction of sp³-hybridized carbons (Fsp3) is 0.851. The summed E-state index contributed by atoms with van der Waals surface area (Å²) in [6, 6.07) is -0.821. The highest BCUT2D eigenvalue weighted by atomic mass is 16.7. The van der Waals surface area contributed by atoms with Gasteiger partial charge in [-0.2, -0.15) is 0 Å². The Kier molecular flexibility index (Phi) is 35.3. The Morgan fingerprint density at radius 2 is 1.02 bits per heavy atom. The quantitative estimate of drug-likeness (QED) is 0.0268. The molecule has 6 N–H and O–H groups in total. The normalized spacial score (nSPS) is 21.4. The highest BCUT2D eigenvalue weighted by molar-refractivity contribution is 5.76. The van der Waals surface area contributed by atoms with E-state index in [2.05, 4.69) is 43.5 Å². The molecule has 0 bridgehead atoms. The van der Waals surface area contributed by atoms with Crippen LogP contribution in [0.15, 0.2) is 36.5 Å². The van der Waals surface area contributed by atoms with Crippen LogP contribution in [0.25, 0.3) is 0 Å². The van der Waals surface area contributed by atoms with Gasteiger partial charge in [-0.15, -0.1) is 0 Å². The lowest BCUT2D eigenvalue weighted by Gasteiger charge is -2.40. The van der Waals surface area contributed by atoms with E-state index in [1.807, 2.05) is 6.08 Å². The number of unbranched alkanes of at least 4 members (excludes halogenated alkanes) is 24. The number of aliphatic hydroxyl groups excluding tert-OH is 5. The summed E-state index contributed by atoms with van der Waals surface area (Å²) in [4.78, 5) is 12.7. The summed E-state index contributed by atoms with van der Waals surface area (Å²) in [5.74, 6) is -0.205. The van der Waals surface area contributed by atoms with E-state index in [1.54, 1.807) is 6.08 Å². The Hall–Kier alpha value is -1.59. The molecule has 9 heteroatoms. The molecule has 7 unspecified atom stereocenters. The first-order valence-corrected chi connectivity index (χ1v) is 23.2. The number of hydrogen-bond donors (Lipinski definition) is 6. The first-order valence-electron chi connectivity index (χ1n) is 23.2. The minimum atomic E-state index is -1.57. The van der Waals surface area contributed by atoms with Gasteiger partial charge in [0.15, 0.2) is 6.29 Å². The average Bonchev–Trinajstić information content (AvgIpc) is 3.20. The van der Waals surface area contributed by atoms with Crippen LogP contribution in [0.1, 0.15) is 200 Å². The largest absolute Gasteiger partial charge is 0.394 e. The summed E-state index contributed by atoms with van der Waals surface area (Å²) in [5, 5.41) is 53.8. The van der Waals surface area contributed by atoms with Crippen LogP contribution in [0.5, 0.6) is 0 Å². The average molecular weight is 794 g/mol. The van der Waals surface area contributed by atoms with Gasteiger partial charge < -0.3 is 40.3 Å². The van der Waals surface area contributed by atoms with Crippen molar-refractivity contribution in [1.29, 1.82) is 0 Å². The summed E-state index contributed by atoms with van der Waals surface area (Å²) in [7, 11) is 0. The van der Waals surface area contributed by atoms with Crippen LogP contribution in [-0.4, -0.2) is 87.5 Å². The van der Waals surface area contributed by atoms with E-state index >= 15 is 0 Å². The molecule has 1 rings (SSSR count). The highest BCUT2D eigenvalue weighted by Crippen LogP contribution is 2.22. The fourth-order valence-corrected chi connectivity index (χ4v) is 7.19. The number of amides is 1. The number of carbonyl (C=O) groups is 1. The third-order valence-corrected chi connectivity index (χ3v) is 10.9. The Morgan fingerprint density at radius 3 is 1.50 bits per heavy atom. The third-order valence-electron chi connectivity index (χ3n) is 10.9. The van der Waals surface area contributed by atoms with Gasteiger partial charge in [0, 0.05) is 6.42 Å². The van der Waals surface area contributed by atoms with E-state index < -0.39 is 49.5 Å². The summed E-state index contributed by atoms with van der Waals surface area (Å²) in [5.41, 5.74) is 0. The van der Waals surface area contributed by atoms with Crippen LogP contribution in [0.2, 0.25) is 0 Å². The summed E-state index contributed by atoms with van der Waals surface area (Å²) in [6.45, 7) is 3.65. The molecule has 0 aromatic carbocycles. The van der Waals surface area contributed by atoms with Gasteiger partial charge in [-0.05, 0) is 44.9 Å². The van der Waals surface area contributed by atoms with E-state index in [0.717, 1.165) is 57.8 Å². The molecule has 0 spiro atoms. The van der Waals surface area contributed by atoms with E-state index in [4.69, 9.17) is 9.47 Å². The monoisotopic (exact) mass is 794 g/mol. The van der Waals surface area contributed by atoms with Gasteiger partial charge in [0.2, 0.25) is 5.91 Å². The molecule has 1 saturated heterocycles. The lowest BCUT2D eigenvalue weighted by atomic mass is 9.99. The summed E-state index contributed by atoms with van der Waals surface area (Å²) < 4.78 is 11.1. The molecule has 0 aromatic rings. The van der Waals surface area contributed by atoms with Crippen molar-refractivity contribution in [2.45, 2.75) is 243 Å². The van der Waals surface area contributed by atoms with Gasteiger partial charge in [-0.25, -0.2) is 0 Å². The molecule has 7 atom stereocenters. The molecule has 1 aliphatic heterocycles. The van der Waals surface area contributed by atoms with Gasteiger partial charge >= 0.3 is 0 Å². The maximum Gasteiger partial charge on any atom is 0.220 e. The van der Waals surface area contributed by atoms with E-state index in [1.165, 1.54) is 122 Å².